The summed E-state index contributed by atoms with van der Waals surface area (Å²) in [5, 5.41) is 21.1. The predicted molar refractivity (Wildman–Crippen MR) is 104 cm³/mol. The van der Waals surface area contributed by atoms with Crippen molar-refractivity contribution in [1.29, 1.82) is 0 Å². The van der Waals surface area contributed by atoms with E-state index in [1.807, 2.05) is 0 Å². The third-order valence-corrected chi connectivity index (χ3v) is 4.55. The van der Waals surface area contributed by atoms with E-state index in [0.717, 1.165) is 20.8 Å². The largest absolute Gasteiger partial charge is 0.463 e. The van der Waals surface area contributed by atoms with Crippen molar-refractivity contribution in [3.63, 3.8) is 0 Å². The smallest absolute Gasteiger partial charge is 0.361 e. The van der Waals surface area contributed by atoms with Crippen LogP contribution in [0.25, 0.3) is 11.0 Å². The Labute approximate surface area is 190 Å². The Hall–Kier alpha value is -4.08. The summed E-state index contributed by atoms with van der Waals surface area (Å²) in [6.45, 7) is 4.46. The van der Waals surface area contributed by atoms with Crippen molar-refractivity contribution in [2.75, 3.05) is 13.2 Å². The second kappa shape index (κ2) is 9.82. The molecule has 1 fully saturated rings. The maximum Gasteiger partial charge on any atom is 0.361 e. The molecule has 1 aliphatic rings. The zero-order chi connectivity index (χ0) is 25.2. The summed E-state index contributed by atoms with van der Waals surface area (Å²) < 4.78 is 26.5. The highest BCUT2D eigenvalue weighted by Crippen LogP contribution is 2.33. The Kier molecular flexibility index (Phi) is 7.09. The van der Waals surface area contributed by atoms with Gasteiger partial charge in [-0.15, -0.1) is 10.2 Å². The molecule has 16 nitrogen and oxygen atoms in total. The van der Waals surface area contributed by atoms with Crippen LogP contribution in [-0.2, 0) is 38.1 Å². The van der Waals surface area contributed by atoms with Crippen LogP contribution in [0.1, 0.15) is 44.4 Å². The number of carbonyl (C=O) groups is 4. The first-order valence-electron chi connectivity index (χ1n) is 9.93. The van der Waals surface area contributed by atoms with Crippen LogP contribution in [0.4, 0.5) is 0 Å². The van der Waals surface area contributed by atoms with Crippen molar-refractivity contribution < 1.29 is 48.1 Å². The number of aromatic nitrogens is 5. The third-order valence-electron chi connectivity index (χ3n) is 4.55. The molecule has 0 aromatic carbocycles. The summed E-state index contributed by atoms with van der Waals surface area (Å²) in [6.07, 6.45) is -5.37. The second-order valence-corrected chi connectivity index (χ2v) is 7.01. The molecule has 34 heavy (non-hydrogen) atoms. The van der Waals surface area contributed by atoms with Crippen LogP contribution >= 0.6 is 0 Å². The van der Waals surface area contributed by atoms with Gasteiger partial charge < -0.3 is 28.9 Å². The third kappa shape index (κ3) is 4.80. The lowest BCUT2D eigenvalue weighted by molar-refractivity contribution is -0.166. The molecule has 16 heteroatoms. The van der Waals surface area contributed by atoms with E-state index in [2.05, 4.69) is 15.4 Å². The average molecular weight is 483 g/mol. The van der Waals surface area contributed by atoms with Gasteiger partial charge in [0.05, 0.1) is 6.61 Å². The first-order valence-corrected chi connectivity index (χ1v) is 9.93. The van der Waals surface area contributed by atoms with E-state index in [9.17, 15) is 29.2 Å². The van der Waals surface area contributed by atoms with Gasteiger partial charge in [-0.25, -0.2) is 4.79 Å². The monoisotopic (exact) mass is 483 g/mol. The second-order valence-electron chi connectivity index (χ2n) is 7.01. The summed E-state index contributed by atoms with van der Waals surface area (Å²) in [5.74, 6) is -3.17. The Bertz CT molecular complexity index is 1190. The van der Waals surface area contributed by atoms with Gasteiger partial charge in [-0.3, -0.25) is 19.2 Å². The van der Waals surface area contributed by atoms with E-state index in [0.29, 0.717) is 4.68 Å². The van der Waals surface area contributed by atoms with E-state index in [-0.39, 0.29) is 17.0 Å². The van der Waals surface area contributed by atoms with Crippen LogP contribution in [0.2, 0.25) is 0 Å². The molecule has 0 radical (unpaired) electrons. The summed E-state index contributed by atoms with van der Waals surface area (Å²) in [4.78, 5) is 60.0. The minimum Gasteiger partial charge on any atom is -0.463 e. The fourth-order valence-corrected chi connectivity index (χ4v) is 3.32. The highest BCUT2D eigenvalue weighted by atomic mass is 16.7. The number of fused-ring (bicyclic) bond motifs is 1. The van der Waals surface area contributed by atoms with Crippen molar-refractivity contribution in [2.24, 2.45) is 0 Å². The normalized spacial score (nSPS) is 21.8. The summed E-state index contributed by atoms with van der Waals surface area (Å²) >= 11 is 0. The first kappa shape index (κ1) is 24.6. The van der Waals surface area contributed by atoms with E-state index in [1.54, 1.807) is 6.92 Å². The van der Waals surface area contributed by atoms with Crippen molar-refractivity contribution in [1.82, 2.24) is 24.9 Å². The Balaban J connectivity index is 2.09. The Morgan fingerprint density at radius 1 is 1.03 bits per heavy atom. The molecule has 3 rings (SSSR count). The zero-order valence-corrected chi connectivity index (χ0v) is 18.5. The van der Waals surface area contributed by atoms with Crippen molar-refractivity contribution in [3.8, 4) is 0 Å². The lowest BCUT2D eigenvalue weighted by atomic mass is 10.1. The zero-order valence-electron chi connectivity index (χ0n) is 18.5. The van der Waals surface area contributed by atoms with Gasteiger partial charge in [0.2, 0.25) is 5.69 Å². The Morgan fingerprint density at radius 2 is 1.68 bits per heavy atom. The molecule has 184 valence electrons. The van der Waals surface area contributed by atoms with Gasteiger partial charge in [0, 0.05) is 20.8 Å². The molecule has 3 heterocycles. The molecule has 2 aromatic heterocycles. The number of esters is 4. The van der Waals surface area contributed by atoms with Crippen LogP contribution in [0.5, 0.6) is 0 Å². The molecular formula is C18H21N5O11. The maximum absolute atomic E-state index is 13.1. The molecular weight excluding hydrogens is 462 g/mol. The van der Waals surface area contributed by atoms with E-state index < -0.39 is 71.8 Å². The van der Waals surface area contributed by atoms with Gasteiger partial charge in [0.1, 0.15) is 12.7 Å². The van der Waals surface area contributed by atoms with Gasteiger partial charge in [0.25, 0.3) is 0 Å². The standard InChI is InChI=1S/C18H21N5O11/c1-5-30-18(28)12-11-13(23(29)20-12)16(27)22(21-19-11)17-15(33-9(4)26)14(32-8(3)25)10(34-17)6-31-7(2)24/h10,14-15,17,29H,5-6H2,1-4H3. The molecule has 0 bridgehead atoms. The average Bonchev–Trinajstić information content (AvgIpc) is 3.25. The van der Waals surface area contributed by atoms with Crippen LogP contribution < -0.4 is 5.56 Å². The van der Waals surface area contributed by atoms with E-state index >= 15 is 0 Å². The maximum atomic E-state index is 13.1. The van der Waals surface area contributed by atoms with Gasteiger partial charge >= 0.3 is 29.4 Å². The molecule has 2 aromatic rings. The SMILES string of the molecule is CCOC(=O)c1nn(O)c2c(=O)n(C3OC(COC(C)=O)C(OC(C)=O)C3OC(C)=O)nnc12. The van der Waals surface area contributed by atoms with E-state index in [4.69, 9.17) is 23.7 Å². The number of ether oxygens (including phenoxy) is 5. The molecule has 1 aliphatic heterocycles. The van der Waals surface area contributed by atoms with Crippen molar-refractivity contribution in [2.45, 2.75) is 52.2 Å². The minimum absolute atomic E-state index is 0.00431. The fourth-order valence-electron chi connectivity index (χ4n) is 3.32. The summed E-state index contributed by atoms with van der Waals surface area (Å²) in [7, 11) is 0. The molecule has 0 spiro atoms. The van der Waals surface area contributed by atoms with Gasteiger partial charge in [0.15, 0.2) is 29.5 Å². The molecule has 4 unspecified atom stereocenters. The number of hydrogen-bond donors (Lipinski definition) is 1. The lowest BCUT2D eigenvalue weighted by Gasteiger charge is -2.23. The van der Waals surface area contributed by atoms with Crippen LogP contribution in [0, 0.1) is 0 Å². The van der Waals surface area contributed by atoms with Crippen molar-refractivity contribution in [3.05, 3.63) is 16.0 Å². The predicted octanol–water partition coefficient (Wildman–Crippen LogP) is -1.27. The number of rotatable bonds is 7. The number of nitrogens with zero attached hydrogens (tertiary/aromatic N) is 5. The van der Waals surface area contributed by atoms with Crippen molar-refractivity contribution >= 4 is 34.9 Å². The topological polar surface area (TPSA) is 200 Å². The van der Waals surface area contributed by atoms with E-state index in [1.165, 1.54) is 0 Å². The lowest BCUT2D eigenvalue weighted by Crippen LogP contribution is -2.42. The van der Waals surface area contributed by atoms with Gasteiger partial charge in [-0.1, -0.05) is 10.1 Å². The van der Waals surface area contributed by atoms with Crippen LogP contribution in [0.3, 0.4) is 0 Å². The molecule has 4 atom stereocenters. The highest BCUT2D eigenvalue weighted by Gasteiger charge is 2.51. The van der Waals surface area contributed by atoms with Gasteiger partial charge in [-0.2, -0.15) is 4.68 Å². The van der Waals surface area contributed by atoms with Crippen LogP contribution in [0.15, 0.2) is 4.79 Å². The summed E-state index contributed by atoms with van der Waals surface area (Å²) in [5.41, 5.74) is -2.38. The van der Waals surface area contributed by atoms with Crippen LogP contribution in [-0.4, -0.2) is 85.5 Å². The molecule has 1 saturated heterocycles. The molecule has 0 aliphatic carbocycles. The summed E-state index contributed by atoms with van der Waals surface area (Å²) in [6, 6.07) is 0. The molecule has 1 N–H and O–H groups in total. The fraction of sp³-hybridized carbons (Fsp3) is 0.556. The number of hydrogen-bond acceptors (Lipinski definition) is 14. The number of carbonyl (C=O) groups excluding carboxylic acids is 4. The minimum atomic E-state index is -1.51. The highest BCUT2D eigenvalue weighted by molar-refractivity contribution is 5.99. The van der Waals surface area contributed by atoms with Gasteiger partial charge in [-0.05, 0) is 6.92 Å². The molecule has 0 amide bonds. The quantitative estimate of drug-likeness (QED) is 0.277. The Morgan fingerprint density at radius 3 is 2.26 bits per heavy atom. The first-order chi connectivity index (χ1) is 16.0. The molecule has 0 saturated carbocycles.